The first-order valence-corrected chi connectivity index (χ1v) is 10.5. The summed E-state index contributed by atoms with van der Waals surface area (Å²) in [5.41, 5.74) is 6.50. The van der Waals surface area contributed by atoms with Gasteiger partial charge < -0.3 is 11.1 Å². The minimum absolute atomic E-state index is 0.153. The van der Waals surface area contributed by atoms with Gasteiger partial charge in [-0.2, -0.15) is 5.26 Å². The summed E-state index contributed by atoms with van der Waals surface area (Å²) in [4.78, 5) is 23.6. The number of anilines is 1. The van der Waals surface area contributed by atoms with Crippen molar-refractivity contribution in [2.45, 2.75) is 68.8 Å². The Morgan fingerprint density at radius 2 is 2.04 bits per heavy atom. The van der Waals surface area contributed by atoms with Gasteiger partial charge in [-0.1, -0.05) is 31.0 Å². The number of hydrogen-bond donors (Lipinski definition) is 2. The van der Waals surface area contributed by atoms with Gasteiger partial charge in [0.25, 0.3) is 0 Å². The van der Waals surface area contributed by atoms with Crippen LogP contribution in [0.1, 0.15) is 49.5 Å². The van der Waals surface area contributed by atoms with Crippen LogP contribution in [0.3, 0.4) is 0 Å². The van der Waals surface area contributed by atoms with E-state index in [4.69, 9.17) is 5.73 Å². The Labute approximate surface area is 161 Å². The van der Waals surface area contributed by atoms with Gasteiger partial charge in [-0.15, -0.1) is 11.3 Å². The molecule has 138 valence electrons. The molecule has 0 aliphatic heterocycles. The van der Waals surface area contributed by atoms with E-state index in [0.29, 0.717) is 11.0 Å². The number of hydrogen-bond acceptors (Lipinski definition) is 7. The number of aryl methyl sites for hydroxylation is 2. The molecule has 0 radical (unpaired) electrons. The van der Waals surface area contributed by atoms with E-state index in [1.165, 1.54) is 16.6 Å². The molecule has 0 aromatic carbocycles. The lowest BCUT2D eigenvalue weighted by Gasteiger charge is -2.32. The van der Waals surface area contributed by atoms with Crippen LogP contribution in [0, 0.1) is 25.2 Å². The van der Waals surface area contributed by atoms with Crippen molar-refractivity contribution in [3.8, 4) is 6.07 Å². The summed E-state index contributed by atoms with van der Waals surface area (Å²) in [6, 6.07) is 2.32. The van der Waals surface area contributed by atoms with Crippen molar-refractivity contribution in [1.29, 1.82) is 5.26 Å². The standard InChI is InChI=1S/C18H23N5OS2/c1-10-11(2)25-16-13(10)14(20)21-17(22-16)26-12(3)15(24)23-18(9-19)7-5-4-6-8-18/h12H,4-8H2,1-3H3,(H,23,24)(H2,20,21,22). The number of carbonyl (C=O) groups is 1. The monoisotopic (exact) mass is 389 g/mol. The summed E-state index contributed by atoms with van der Waals surface area (Å²) < 4.78 is 0. The zero-order valence-electron chi connectivity index (χ0n) is 15.3. The molecule has 2 aromatic rings. The van der Waals surface area contributed by atoms with E-state index in [2.05, 4.69) is 21.4 Å². The second kappa shape index (κ2) is 7.41. The molecule has 1 amide bonds. The highest BCUT2D eigenvalue weighted by Crippen LogP contribution is 2.34. The predicted molar refractivity (Wildman–Crippen MR) is 106 cm³/mol. The number of rotatable bonds is 4. The maximum absolute atomic E-state index is 12.6. The lowest BCUT2D eigenvalue weighted by Crippen LogP contribution is -2.50. The van der Waals surface area contributed by atoms with Crippen LogP contribution in [-0.4, -0.2) is 26.7 Å². The first-order valence-electron chi connectivity index (χ1n) is 8.78. The highest BCUT2D eigenvalue weighted by atomic mass is 32.2. The Bertz CT molecular complexity index is 880. The first kappa shape index (κ1) is 18.9. The number of nitrogens with one attached hydrogen (secondary N) is 1. The van der Waals surface area contributed by atoms with Gasteiger partial charge in [-0.3, -0.25) is 4.79 Å². The minimum Gasteiger partial charge on any atom is -0.383 e. The fourth-order valence-electron chi connectivity index (χ4n) is 3.28. The highest BCUT2D eigenvalue weighted by molar-refractivity contribution is 8.00. The molecular weight excluding hydrogens is 366 g/mol. The molecule has 1 aliphatic rings. The maximum atomic E-state index is 12.6. The van der Waals surface area contributed by atoms with Crippen LogP contribution in [-0.2, 0) is 4.79 Å². The van der Waals surface area contributed by atoms with Crippen molar-refractivity contribution in [1.82, 2.24) is 15.3 Å². The number of thiophene rings is 1. The number of nitrogens with two attached hydrogens (primary N) is 1. The highest BCUT2D eigenvalue weighted by Gasteiger charge is 2.35. The molecule has 1 saturated carbocycles. The van der Waals surface area contributed by atoms with Gasteiger partial charge in [0, 0.05) is 4.88 Å². The summed E-state index contributed by atoms with van der Waals surface area (Å²) in [6.45, 7) is 5.86. The maximum Gasteiger partial charge on any atom is 0.234 e. The largest absolute Gasteiger partial charge is 0.383 e. The summed E-state index contributed by atoms with van der Waals surface area (Å²) in [7, 11) is 0. The molecule has 3 rings (SSSR count). The van der Waals surface area contributed by atoms with Gasteiger partial charge in [-0.05, 0) is 39.2 Å². The molecule has 1 atom stereocenters. The third kappa shape index (κ3) is 3.64. The fourth-order valence-corrected chi connectivity index (χ4v) is 5.15. The molecule has 3 N–H and O–H groups in total. The van der Waals surface area contributed by atoms with Gasteiger partial charge in [0.15, 0.2) is 5.16 Å². The van der Waals surface area contributed by atoms with Crippen molar-refractivity contribution < 1.29 is 4.79 Å². The summed E-state index contributed by atoms with van der Waals surface area (Å²) >= 11 is 2.86. The van der Waals surface area contributed by atoms with Crippen molar-refractivity contribution in [2.24, 2.45) is 0 Å². The number of aromatic nitrogens is 2. The number of nitrogens with zero attached hydrogens (tertiary/aromatic N) is 3. The van der Waals surface area contributed by atoms with Crippen molar-refractivity contribution in [3.05, 3.63) is 10.4 Å². The van der Waals surface area contributed by atoms with Crippen LogP contribution in [0.25, 0.3) is 10.2 Å². The summed E-state index contributed by atoms with van der Waals surface area (Å²) in [5.74, 6) is 0.298. The van der Waals surface area contributed by atoms with E-state index in [1.807, 2.05) is 20.8 Å². The van der Waals surface area contributed by atoms with E-state index in [0.717, 1.165) is 47.9 Å². The van der Waals surface area contributed by atoms with Crippen LogP contribution in [0.5, 0.6) is 0 Å². The average Bonchev–Trinajstić information content (AvgIpc) is 2.90. The fraction of sp³-hybridized carbons (Fsp3) is 0.556. The Morgan fingerprint density at radius 3 is 2.69 bits per heavy atom. The van der Waals surface area contributed by atoms with Crippen LogP contribution < -0.4 is 11.1 Å². The number of nitriles is 1. The van der Waals surface area contributed by atoms with Crippen molar-refractivity contribution >= 4 is 45.0 Å². The normalized spacial score (nSPS) is 17.6. The zero-order chi connectivity index (χ0) is 18.9. The van der Waals surface area contributed by atoms with Crippen LogP contribution in [0.15, 0.2) is 5.16 Å². The van der Waals surface area contributed by atoms with Gasteiger partial charge in [0.2, 0.25) is 5.91 Å². The summed E-state index contributed by atoms with van der Waals surface area (Å²) in [6.07, 6.45) is 4.51. The third-order valence-electron chi connectivity index (χ3n) is 4.97. The number of thioether (sulfide) groups is 1. The molecule has 1 fully saturated rings. The van der Waals surface area contributed by atoms with Crippen molar-refractivity contribution in [3.63, 3.8) is 0 Å². The average molecular weight is 390 g/mol. The molecule has 8 heteroatoms. The first-order chi connectivity index (χ1) is 12.3. The van der Waals surface area contributed by atoms with E-state index < -0.39 is 10.8 Å². The van der Waals surface area contributed by atoms with Crippen LogP contribution in [0.4, 0.5) is 5.82 Å². The predicted octanol–water partition coefficient (Wildman–Crippen LogP) is 3.71. The Morgan fingerprint density at radius 1 is 1.35 bits per heavy atom. The molecule has 6 nitrogen and oxygen atoms in total. The molecular formula is C18H23N5OS2. The molecule has 0 bridgehead atoms. The quantitative estimate of drug-likeness (QED) is 0.610. The zero-order valence-corrected chi connectivity index (χ0v) is 16.9. The molecule has 2 heterocycles. The number of carbonyl (C=O) groups excluding carboxylic acids is 1. The molecule has 26 heavy (non-hydrogen) atoms. The van der Waals surface area contributed by atoms with Gasteiger partial charge in [-0.25, -0.2) is 9.97 Å². The van der Waals surface area contributed by atoms with Crippen LogP contribution >= 0.6 is 23.1 Å². The molecule has 2 aromatic heterocycles. The Kier molecular flexibility index (Phi) is 5.39. The lowest BCUT2D eigenvalue weighted by molar-refractivity contribution is -0.121. The van der Waals surface area contributed by atoms with E-state index in [9.17, 15) is 10.1 Å². The molecule has 0 spiro atoms. The van der Waals surface area contributed by atoms with Gasteiger partial charge in [0.05, 0.1) is 16.7 Å². The Hall–Kier alpha value is -1.85. The smallest absolute Gasteiger partial charge is 0.234 e. The Balaban J connectivity index is 1.75. The SMILES string of the molecule is Cc1sc2nc(SC(C)C(=O)NC3(C#N)CCCCC3)nc(N)c2c1C. The minimum atomic E-state index is -0.726. The second-order valence-corrected chi connectivity index (χ2v) is 9.37. The van der Waals surface area contributed by atoms with E-state index in [1.54, 1.807) is 11.3 Å². The number of nitrogen functional groups attached to an aromatic ring is 1. The molecule has 1 unspecified atom stereocenters. The lowest BCUT2D eigenvalue weighted by atomic mass is 9.83. The van der Waals surface area contributed by atoms with Gasteiger partial charge >= 0.3 is 0 Å². The summed E-state index contributed by atoms with van der Waals surface area (Å²) in [5, 5.41) is 13.5. The molecule has 1 aliphatic carbocycles. The van der Waals surface area contributed by atoms with Crippen molar-refractivity contribution in [2.75, 3.05) is 5.73 Å². The van der Waals surface area contributed by atoms with E-state index >= 15 is 0 Å². The van der Waals surface area contributed by atoms with Gasteiger partial charge in [0.1, 0.15) is 16.2 Å². The van der Waals surface area contributed by atoms with E-state index in [-0.39, 0.29) is 5.91 Å². The molecule has 0 saturated heterocycles. The second-order valence-electron chi connectivity index (χ2n) is 6.86. The van der Waals surface area contributed by atoms with Crippen LogP contribution in [0.2, 0.25) is 0 Å². The number of fused-ring (bicyclic) bond motifs is 1. The topological polar surface area (TPSA) is 105 Å². The number of amides is 1. The third-order valence-corrected chi connectivity index (χ3v) is 7.03.